The fourth-order valence-electron chi connectivity index (χ4n) is 2.10. The molecule has 0 amide bonds. The van der Waals surface area contributed by atoms with E-state index >= 15 is 0 Å². The Hall–Kier alpha value is -1.66. The van der Waals surface area contributed by atoms with Gasteiger partial charge in [0.2, 0.25) is 0 Å². The van der Waals surface area contributed by atoms with Crippen LogP contribution in [0.4, 0.5) is 0 Å². The average Bonchev–Trinajstić information content (AvgIpc) is 2.90. The molecular formula is C12H20N6. The van der Waals surface area contributed by atoms with E-state index in [9.17, 15) is 0 Å². The van der Waals surface area contributed by atoms with Crippen LogP contribution in [-0.2, 0) is 0 Å². The van der Waals surface area contributed by atoms with Gasteiger partial charge in [-0.1, -0.05) is 0 Å². The summed E-state index contributed by atoms with van der Waals surface area (Å²) in [5.74, 6) is 0. The molecule has 0 saturated carbocycles. The van der Waals surface area contributed by atoms with E-state index in [0.717, 1.165) is 37.2 Å². The topological polar surface area (TPSA) is 66.3 Å². The molecule has 1 saturated heterocycles. The molecule has 0 spiro atoms. The summed E-state index contributed by atoms with van der Waals surface area (Å²) in [6.45, 7) is 5.70. The molecule has 6 nitrogen and oxygen atoms in total. The summed E-state index contributed by atoms with van der Waals surface area (Å²) in [6.07, 6.45) is 7.89. The van der Waals surface area contributed by atoms with E-state index in [2.05, 4.69) is 33.0 Å². The fourth-order valence-corrected chi connectivity index (χ4v) is 2.10. The van der Waals surface area contributed by atoms with E-state index in [1.165, 1.54) is 0 Å². The number of aliphatic imine (C=N–C) groups is 1. The summed E-state index contributed by atoms with van der Waals surface area (Å²) < 4.78 is 2.04. The van der Waals surface area contributed by atoms with E-state index in [4.69, 9.17) is 0 Å². The summed E-state index contributed by atoms with van der Waals surface area (Å²) in [5.41, 5.74) is 7.48. The molecule has 0 aliphatic carbocycles. The second-order valence-corrected chi connectivity index (χ2v) is 4.27. The minimum Gasteiger partial charge on any atom is -0.327 e. The van der Waals surface area contributed by atoms with Crippen molar-refractivity contribution in [3.05, 3.63) is 24.2 Å². The highest BCUT2D eigenvalue weighted by molar-refractivity contribution is 5.66. The van der Waals surface area contributed by atoms with Crippen LogP contribution in [0, 0.1) is 0 Å². The van der Waals surface area contributed by atoms with Crippen molar-refractivity contribution in [1.29, 1.82) is 0 Å². The Labute approximate surface area is 107 Å². The molecule has 0 atom stereocenters. The van der Waals surface area contributed by atoms with Gasteiger partial charge in [0.15, 0.2) is 0 Å². The molecule has 0 unspecified atom stereocenters. The van der Waals surface area contributed by atoms with Gasteiger partial charge in [0.1, 0.15) is 0 Å². The van der Waals surface area contributed by atoms with Crippen molar-refractivity contribution < 1.29 is 0 Å². The highest BCUT2D eigenvalue weighted by atomic mass is 15.3. The predicted molar refractivity (Wildman–Crippen MR) is 73.1 cm³/mol. The van der Waals surface area contributed by atoms with Crippen LogP contribution in [0.5, 0.6) is 0 Å². The van der Waals surface area contributed by atoms with Crippen LogP contribution in [-0.4, -0.2) is 36.6 Å². The van der Waals surface area contributed by atoms with E-state index < -0.39 is 0 Å². The lowest BCUT2D eigenvalue weighted by Crippen LogP contribution is -2.29. The normalized spacial score (nSPS) is 17.7. The van der Waals surface area contributed by atoms with Crippen LogP contribution in [0.1, 0.15) is 24.4 Å². The fraction of sp³-hybridized carbons (Fsp3) is 0.500. The van der Waals surface area contributed by atoms with E-state index in [1.807, 2.05) is 17.1 Å². The lowest BCUT2D eigenvalue weighted by molar-refractivity contribution is 0.343. The first-order chi connectivity index (χ1) is 8.85. The summed E-state index contributed by atoms with van der Waals surface area (Å²) in [6, 6.07) is 0.489. The van der Waals surface area contributed by atoms with Gasteiger partial charge in [-0.15, -0.1) is 0 Å². The Kier molecular flexibility index (Phi) is 4.49. The van der Waals surface area contributed by atoms with Crippen molar-refractivity contribution in [3.63, 3.8) is 0 Å². The molecule has 98 valence electrons. The zero-order chi connectivity index (χ0) is 12.8. The molecule has 3 N–H and O–H groups in total. The number of rotatable bonds is 5. The maximum absolute atomic E-state index is 4.43. The second kappa shape index (κ2) is 6.32. The van der Waals surface area contributed by atoms with Crippen LogP contribution in [0.2, 0.25) is 0 Å². The van der Waals surface area contributed by atoms with Crippen molar-refractivity contribution in [3.8, 4) is 0 Å². The Morgan fingerprint density at radius 3 is 3.06 bits per heavy atom. The minimum absolute atomic E-state index is 0.489. The smallest absolute Gasteiger partial charge is 0.0896 e. The quantitative estimate of drug-likeness (QED) is 0.525. The molecule has 1 aromatic rings. The number of piperidine rings is 1. The maximum atomic E-state index is 4.43. The third kappa shape index (κ3) is 2.96. The Morgan fingerprint density at radius 2 is 2.39 bits per heavy atom. The summed E-state index contributed by atoms with van der Waals surface area (Å²) in [5, 5.41) is 7.78. The molecule has 6 heteroatoms. The lowest BCUT2D eigenvalue weighted by atomic mass is 10.1. The molecule has 18 heavy (non-hydrogen) atoms. The van der Waals surface area contributed by atoms with Crippen LogP contribution in [0.15, 0.2) is 23.6 Å². The summed E-state index contributed by atoms with van der Waals surface area (Å²) in [7, 11) is 1.80. The van der Waals surface area contributed by atoms with Crippen molar-refractivity contribution in [1.82, 2.24) is 25.9 Å². The second-order valence-electron chi connectivity index (χ2n) is 4.27. The number of hydrogen-bond donors (Lipinski definition) is 3. The molecule has 1 aliphatic heterocycles. The van der Waals surface area contributed by atoms with Crippen molar-refractivity contribution in [2.75, 3.05) is 20.1 Å². The molecule has 1 aliphatic rings. The average molecular weight is 248 g/mol. The standard InChI is InChI=1S/C12H20N6/c1-13-12(8-16-14-2)10-7-17-18(9-10)11-3-5-15-6-4-11/h7-9,11,14-16H,1,3-6H2,2H3/b12-8-. The van der Waals surface area contributed by atoms with Crippen molar-refractivity contribution in [2.45, 2.75) is 18.9 Å². The highest BCUT2D eigenvalue weighted by Crippen LogP contribution is 2.20. The number of hydrazine groups is 1. The lowest BCUT2D eigenvalue weighted by Gasteiger charge is -2.22. The van der Waals surface area contributed by atoms with E-state index in [0.29, 0.717) is 6.04 Å². The third-order valence-electron chi connectivity index (χ3n) is 3.10. The van der Waals surface area contributed by atoms with Gasteiger partial charge < -0.3 is 10.7 Å². The number of aromatic nitrogens is 2. The van der Waals surface area contributed by atoms with Crippen LogP contribution in [0.3, 0.4) is 0 Å². The zero-order valence-electron chi connectivity index (χ0n) is 10.7. The largest absolute Gasteiger partial charge is 0.327 e. The minimum atomic E-state index is 0.489. The molecule has 1 aromatic heterocycles. The van der Waals surface area contributed by atoms with Gasteiger partial charge in [0, 0.05) is 25.0 Å². The van der Waals surface area contributed by atoms with Gasteiger partial charge in [-0.25, -0.2) is 5.43 Å². The number of hydrogen-bond acceptors (Lipinski definition) is 5. The molecule has 0 radical (unpaired) electrons. The van der Waals surface area contributed by atoms with Crippen LogP contribution in [0.25, 0.3) is 5.70 Å². The molecule has 2 heterocycles. The molecule has 2 rings (SSSR count). The van der Waals surface area contributed by atoms with Crippen LogP contribution >= 0.6 is 0 Å². The first kappa shape index (κ1) is 12.8. The van der Waals surface area contributed by atoms with E-state index in [1.54, 1.807) is 13.2 Å². The van der Waals surface area contributed by atoms with Gasteiger partial charge in [0.05, 0.1) is 17.9 Å². The third-order valence-corrected chi connectivity index (χ3v) is 3.10. The summed E-state index contributed by atoms with van der Waals surface area (Å²) in [4.78, 5) is 4.00. The first-order valence-electron chi connectivity index (χ1n) is 6.19. The number of nitrogens with one attached hydrogen (secondary N) is 3. The predicted octanol–water partition coefficient (Wildman–Crippen LogP) is 0.531. The zero-order valence-corrected chi connectivity index (χ0v) is 10.7. The number of nitrogens with zero attached hydrogens (tertiary/aromatic N) is 3. The molecular weight excluding hydrogens is 228 g/mol. The van der Waals surface area contributed by atoms with Crippen molar-refractivity contribution in [2.24, 2.45) is 4.99 Å². The van der Waals surface area contributed by atoms with Gasteiger partial charge in [0.25, 0.3) is 0 Å². The molecule has 1 fully saturated rings. The SMILES string of the molecule is C=N/C(=C\NNC)c1cnn(C2CCNCC2)c1. The Morgan fingerprint density at radius 1 is 1.61 bits per heavy atom. The molecule has 0 bridgehead atoms. The maximum Gasteiger partial charge on any atom is 0.0896 e. The Bertz CT molecular complexity index is 416. The highest BCUT2D eigenvalue weighted by Gasteiger charge is 2.16. The van der Waals surface area contributed by atoms with E-state index in [-0.39, 0.29) is 0 Å². The van der Waals surface area contributed by atoms with Crippen molar-refractivity contribution >= 4 is 12.4 Å². The first-order valence-corrected chi connectivity index (χ1v) is 6.19. The monoisotopic (exact) mass is 248 g/mol. The van der Waals surface area contributed by atoms with Gasteiger partial charge in [-0.2, -0.15) is 5.10 Å². The molecule has 0 aromatic carbocycles. The Balaban J connectivity index is 2.10. The van der Waals surface area contributed by atoms with Gasteiger partial charge >= 0.3 is 0 Å². The summed E-state index contributed by atoms with van der Waals surface area (Å²) >= 11 is 0. The van der Waals surface area contributed by atoms with Gasteiger partial charge in [-0.3, -0.25) is 9.67 Å². The van der Waals surface area contributed by atoms with Crippen LogP contribution < -0.4 is 16.2 Å². The van der Waals surface area contributed by atoms with Gasteiger partial charge in [-0.05, 0) is 32.6 Å².